The Labute approximate surface area is 310 Å². The fourth-order valence-electron chi connectivity index (χ4n) is 5.11. The number of aromatic nitrogens is 2. The normalized spacial score (nSPS) is 11.1. The Morgan fingerprint density at radius 3 is 1.50 bits per heavy atom. The van der Waals surface area contributed by atoms with Crippen LogP contribution in [0.1, 0.15) is 39.9 Å². The minimum absolute atomic E-state index is 0.0528. The smallest absolute Gasteiger partial charge is 0.324 e. The second-order valence-corrected chi connectivity index (χ2v) is 11.2. The zero-order valence-corrected chi connectivity index (χ0v) is 28.4. The van der Waals surface area contributed by atoms with Gasteiger partial charge in [-0.15, -0.1) is 0 Å². The van der Waals surface area contributed by atoms with Crippen LogP contribution in [0.4, 0.5) is 34.1 Å². The minimum Gasteiger partial charge on any atom is -0.497 e. The third kappa shape index (κ3) is 8.55. The van der Waals surface area contributed by atoms with Gasteiger partial charge < -0.3 is 10.2 Å². The van der Waals surface area contributed by atoms with Crippen LogP contribution in [0.2, 0.25) is 0 Å². The monoisotopic (exact) mass is 773 g/mol. The number of hydrogen-bond donors (Lipinski definition) is 2. The van der Waals surface area contributed by atoms with Gasteiger partial charge in [-0.2, -0.15) is 0 Å². The average molecular weight is 774 g/mol. The van der Waals surface area contributed by atoms with E-state index < -0.39 is 75.2 Å². The number of rotatable bonds is 8. The van der Waals surface area contributed by atoms with E-state index in [4.69, 9.17) is 15.2 Å². The molecular formula is C32H23N9O15. The molecule has 1 aromatic heterocycles. The summed E-state index contributed by atoms with van der Waals surface area (Å²) in [7, 11) is 0. The Hall–Kier alpha value is -8.57. The Bertz CT molecular complexity index is 2340. The molecule has 0 saturated carbocycles. The summed E-state index contributed by atoms with van der Waals surface area (Å²) >= 11 is 0. The second-order valence-electron chi connectivity index (χ2n) is 11.2. The second kappa shape index (κ2) is 16.4. The van der Waals surface area contributed by atoms with Crippen LogP contribution >= 0.6 is 0 Å². The predicted octanol–water partition coefficient (Wildman–Crippen LogP) is 5.97. The lowest BCUT2D eigenvalue weighted by Crippen LogP contribution is -2.10. The highest BCUT2D eigenvalue weighted by molar-refractivity contribution is 6.16. The molecule has 0 unspecified atom stereocenters. The molecule has 0 aliphatic carbocycles. The maximum atomic E-state index is 11.9. The molecule has 2 heterocycles. The zero-order valence-electron chi connectivity index (χ0n) is 28.4. The molecule has 0 atom stereocenters. The largest absolute Gasteiger partial charge is 0.497 e. The van der Waals surface area contributed by atoms with Crippen LogP contribution in [0, 0.1) is 67.6 Å². The number of benzene rings is 4. The van der Waals surface area contributed by atoms with Crippen molar-refractivity contribution in [3.05, 3.63) is 168 Å². The summed E-state index contributed by atoms with van der Waals surface area (Å²) < 4.78 is 2.12. The Morgan fingerprint density at radius 1 is 0.661 bits per heavy atom. The molecule has 56 heavy (non-hydrogen) atoms. The number of Topliss-reactive ketones (excluding diaryl/α,β-unsaturated/α-hetero) is 1. The highest BCUT2D eigenvalue weighted by atomic mass is 16.7. The predicted molar refractivity (Wildman–Crippen MR) is 190 cm³/mol. The van der Waals surface area contributed by atoms with Gasteiger partial charge in [0.25, 0.3) is 22.9 Å². The maximum absolute atomic E-state index is 11.9. The number of carbonyl (C=O) groups excluding carboxylic acids is 1. The summed E-state index contributed by atoms with van der Waals surface area (Å²) in [6.07, 6.45) is 1.87. The molecule has 1 aliphatic rings. The van der Waals surface area contributed by atoms with Gasteiger partial charge in [0.2, 0.25) is 0 Å². The SMILES string of the molecule is CC(=O)c1ccc2c(c1)C(c1ccccc1)=NCc1cnc(C)n1-2.O=[N+]([O-])c1cc([N+](=O)[O-])c(O)c([N+](=O)[O-])c1.O=[N+]([O-])c1cc([N+](=O)[O-])c(O)c([N+](=O)[O-])c1. The van der Waals surface area contributed by atoms with Crippen molar-refractivity contribution >= 4 is 45.6 Å². The molecule has 0 fully saturated rings. The quantitative estimate of drug-likeness (QED) is 0.104. The van der Waals surface area contributed by atoms with Crippen molar-refractivity contribution in [2.45, 2.75) is 20.4 Å². The summed E-state index contributed by atoms with van der Waals surface area (Å²) in [5.74, 6) is -1.44. The first-order chi connectivity index (χ1) is 26.3. The molecule has 0 radical (unpaired) electrons. The zero-order chi connectivity index (χ0) is 41.6. The number of nitro groups is 6. The number of carbonyl (C=O) groups is 1. The van der Waals surface area contributed by atoms with E-state index in [1.54, 1.807) is 6.92 Å². The average Bonchev–Trinajstić information content (AvgIpc) is 3.42. The van der Waals surface area contributed by atoms with Gasteiger partial charge >= 0.3 is 22.7 Å². The van der Waals surface area contributed by atoms with E-state index in [1.807, 2.05) is 49.5 Å². The third-order valence-electron chi connectivity index (χ3n) is 7.67. The molecule has 0 saturated heterocycles. The van der Waals surface area contributed by atoms with Crippen LogP contribution in [0.25, 0.3) is 5.69 Å². The van der Waals surface area contributed by atoms with E-state index in [9.17, 15) is 65.5 Å². The number of imidazole rings is 1. The molecule has 5 aromatic rings. The van der Waals surface area contributed by atoms with Crippen molar-refractivity contribution in [2.24, 2.45) is 4.99 Å². The number of aliphatic imine (C=N–C) groups is 1. The fourth-order valence-corrected chi connectivity index (χ4v) is 5.11. The lowest BCUT2D eigenvalue weighted by Gasteiger charge is -2.14. The summed E-state index contributed by atoms with van der Waals surface area (Å²) in [6, 6.07) is 17.7. The first kappa shape index (κ1) is 40.2. The van der Waals surface area contributed by atoms with Gasteiger partial charge in [0.15, 0.2) is 5.78 Å². The van der Waals surface area contributed by atoms with Crippen LogP contribution in [0.5, 0.6) is 11.5 Å². The lowest BCUT2D eigenvalue weighted by atomic mass is 9.97. The Balaban J connectivity index is 0.000000194. The molecule has 6 rings (SSSR count). The number of fused-ring (bicyclic) bond motifs is 3. The van der Waals surface area contributed by atoms with Crippen LogP contribution in [-0.4, -0.2) is 60.8 Å². The van der Waals surface area contributed by atoms with Crippen molar-refractivity contribution in [1.29, 1.82) is 0 Å². The van der Waals surface area contributed by atoms with Crippen LogP contribution < -0.4 is 0 Å². The third-order valence-corrected chi connectivity index (χ3v) is 7.67. The van der Waals surface area contributed by atoms with Gasteiger partial charge in [-0.1, -0.05) is 30.3 Å². The Kier molecular flexibility index (Phi) is 11.8. The maximum Gasteiger partial charge on any atom is 0.324 e. The van der Waals surface area contributed by atoms with Crippen molar-refractivity contribution in [2.75, 3.05) is 0 Å². The van der Waals surface area contributed by atoms with E-state index in [2.05, 4.69) is 21.7 Å². The minimum atomic E-state index is -1.21. The standard InChI is InChI=1S/C20H17N3O.2C6H3N3O7/c1-13(24)16-8-9-19-18(10-16)20(15-6-4-3-5-7-15)22-12-17-11-21-14(2)23(17)19;2*10-6-4(8(13)14)1-3(7(11)12)2-5(6)9(15)16/h3-11H,12H2,1-2H3;2*1-2,10H. The van der Waals surface area contributed by atoms with Crippen LogP contribution in [-0.2, 0) is 6.54 Å². The molecule has 0 bridgehead atoms. The van der Waals surface area contributed by atoms with Gasteiger partial charge in [-0.25, -0.2) is 4.98 Å². The molecular weight excluding hydrogens is 750 g/mol. The summed E-state index contributed by atoms with van der Waals surface area (Å²) in [5.41, 5.74) is -0.309. The van der Waals surface area contributed by atoms with E-state index in [1.165, 1.54) is 0 Å². The van der Waals surface area contributed by atoms with Gasteiger partial charge in [0.05, 0.1) is 83.6 Å². The Morgan fingerprint density at radius 2 is 1.11 bits per heavy atom. The molecule has 0 amide bonds. The number of hydrogen-bond acceptors (Lipinski definition) is 17. The number of aromatic hydroxyl groups is 2. The van der Waals surface area contributed by atoms with Crippen molar-refractivity contribution in [1.82, 2.24) is 9.55 Å². The molecule has 24 nitrogen and oxygen atoms in total. The molecule has 286 valence electrons. The summed E-state index contributed by atoms with van der Waals surface area (Å²) in [4.78, 5) is 76.7. The highest BCUT2D eigenvalue weighted by Gasteiger charge is 2.31. The number of phenols is 2. The topological polar surface area (TPSA) is 347 Å². The van der Waals surface area contributed by atoms with Crippen molar-refractivity contribution in [3.63, 3.8) is 0 Å². The first-order valence-electron chi connectivity index (χ1n) is 15.2. The molecule has 1 aliphatic heterocycles. The number of aryl methyl sites for hydroxylation is 1. The van der Waals surface area contributed by atoms with E-state index >= 15 is 0 Å². The van der Waals surface area contributed by atoms with Gasteiger partial charge in [-0.3, -0.25) is 75.0 Å². The van der Waals surface area contributed by atoms with E-state index in [0.717, 1.165) is 34.0 Å². The molecule has 0 spiro atoms. The van der Waals surface area contributed by atoms with Gasteiger partial charge in [-0.05, 0) is 32.0 Å². The highest BCUT2D eigenvalue weighted by Crippen LogP contribution is 2.40. The summed E-state index contributed by atoms with van der Waals surface area (Å²) in [6.45, 7) is 4.14. The van der Waals surface area contributed by atoms with Crippen molar-refractivity contribution in [3.8, 4) is 17.2 Å². The number of nitrogens with zero attached hydrogens (tertiary/aromatic N) is 9. The number of ketones is 1. The summed E-state index contributed by atoms with van der Waals surface area (Å²) in [5, 5.41) is 80.4. The van der Waals surface area contributed by atoms with E-state index in [0.29, 0.717) is 36.4 Å². The lowest BCUT2D eigenvalue weighted by molar-refractivity contribution is -0.404. The van der Waals surface area contributed by atoms with Gasteiger partial charge in [0, 0.05) is 16.7 Å². The number of nitro benzene ring substituents is 6. The van der Waals surface area contributed by atoms with E-state index in [-0.39, 0.29) is 5.78 Å². The molecule has 4 aromatic carbocycles. The molecule has 24 heteroatoms. The number of non-ortho nitro benzene ring substituents is 2. The van der Waals surface area contributed by atoms with Crippen molar-refractivity contribution < 1.29 is 44.5 Å². The van der Waals surface area contributed by atoms with Crippen LogP contribution in [0.3, 0.4) is 0 Å². The molecule has 2 N–H and O–H groups in total. The number of phenolic OH excluding ortho intramolecular Hbond substituents is 2. The fraction of sp³-hybridized carbons (Fsp3) is 0.0938. The van der Waals surface area contributed by atoms with Crippen LogP contribution in [0.15, 0.2) is 84.0 Å². The van der Waals surface area contributed by atoms with Gasteiger partial charge in [0.1, 0.15) is 5.82 Å². The first-order valence-corrected chi connectivity index (χ1v) is 15.2.